The first kappa shape index (κ1) is 10.4. The lowest BCUT2D eigenvalue weighted by molar-refractivity contribution is 0.280. The molecule has 0 saturated heterocycles. The highest BCUT2D eigenvalue weighted by molar-refractivity contribution is 5.31. The van der Waals surface area contributed by atoms with Crippen LogP contribution < -0.4 is 0 Å². The first-order chi connectivity index (χ1) is 8.28. The minimum absolute atomic E-state index is 0.0752. The molecule has 0 radical (unpaired) electrons. The number of hydrogen-bond acceptors (Lipinski definition) is 4. The second kappa shape index (κ2) is 3.92. The maximum atomic E-state index is 9.28. The van der Waals surface area contributed by atoms with Gasteiger partial charge >= 0.3 is 0 Å². The summed E-state index contributed by atoms with van der Waals surface area (Å²) < 4.78 is 1.73. The summed E-state index contributed by atoms with van der Waals surface area (Å²) >= 11 is 0. The molecule has 3 rings (SSSR count). The van der Waals surface area contributed by atoms with Gasteiger partial charge in [0.25, 0.3) is 0 Å². The molecule has 1 aliphatic carbocycles. The van der Waals surface area contributed by atoms with E-state index in [-0.39, 0.29) is 6.61 Å². The fourth-order valence-corrected chi connectivity index (χ4v) is 1.85. The minimum atomic E-state index is -0.0752. The van der Waals surface area contributed by atoms with E-state index < -0.39 is 0 Å². The quantitative estimate of drug-likeness (QED) is 0.864. The number of aryl methyl sites for hydroxylation is 1. The second-order valence-electron chi connectivity index (χ2n) is 4.38. The van der Waals surface area contributed by atoms with E-state index in [9.17, 15) is 5.11 Å². The van der Waals surface area contributed by atoms with Crippen molar-refractivity contribution in [1.82, 2.24) is 19.7 Å². The van der Waals surface area contributed by atoms with Crippen LogP contribution in [0.1, 0.15) is 35.8 Å². The van der Waals surface area contributed by atoms with E-state index in [1.807, 2.05) is 19.2 Å². The van der Waals surface area contributed by atoms with E-state index in [0.29, 0.717) is 23.1 Å². The second-order valence-corrected chi connectivity index (χ2v) is 4.38. The Balaban J connectivity index is 2.03. The Labute approximate surface area is 99.1 Å². The molecule has 2 aromatic rings. The Bertz CT molecular complexity index is 545. The standard InChI is InChI=1S/C12H14N4O/c1-8-13-6-10(7-17)12(14-8)16-5-4-11(15-16)9-2-3-9/h4-6,9,17H,2-3,7H2,1H3. The molecular weight excluding hydrogens is 216 g/mol. The van der Waals surface area contributed by atoms with Crippen molar-refractivity contribution in [2.45, 2.75) is 32.3 Å². The van der Waals surface area contributed by atoms with Gasteiger partial charge in [0.1, 0.15) is 5.82 Å². The van der Waals surface area contributed by atoms with E-state index >= 15 is 0 Å². The largest absolute Gasteiger partial charge is 0.391 e. The third-order valence-electron chi connectivity index (χ3n) is 2.95. The van der Waals surface area contributed by atoms with Gasteiger partial charge in [0.2, 0.25) is 0 Å². The van der Waals surface area contributed by atoms with Gasteiger partial charge in [-0.1, -0.05) is 0 Å². The molecule has 1 fully saturated rings. The number of aliphatic hydroxyl groups is 1. The maximum absolute atomic E-state index is 9.28. The first-order valence-corrected chi connectivity index (χ1v) is 5.77. The van der Waals surface area contributed by atoms with E-state index in [2.05, 4.69) is 15.1 Å². The van der Waals surface area contributed by atoms with E-state index in [4.69, 9.17) is 0 Å². The van der Waals surface area contributed by atoms with Crippen LogP contribution in [0.15, 0.2) is 18.5 Å². The van der Waals surface area contributed by atoms with Gasteiger partial charge in [-0.3, -0.25) is 0 Å². The van der Waals surface area contributed by atoms with Crippen molar-refractivity contribution in [3.05, 3.63) is 35.5 Å². The van der Waals surface area contributed by atoms with Crippen molar-refractivity contribution in [1.29, 1.82) is 0 Å². The average Bonchev–Trinajstić information content (AvgIpc) is 3.07. The van der Waals surface area contributed by atoms with Crippen LogP contribution in [-0.4, -0.2) is 24.9 Å². The zero-order valence-corrected chi connectivity index (χ0v) is 9.67. The van der Waals surface area contributed by atoms with E-state index in [1.165, 1.54) is 12.8 Å². The van der Waals surface area contributed by atoms with Crippen molar-refractivity contribution in [3.8, 4) is 5.82 Å². The highest BCUT2D eigenvalue weighted by atomic mass is 16.3. The molecule has 0 aliphatic heterocycles. The van der Waals surface area contributed by atoms with Gasteiger partial charge in [-0.05, 0) is 25.8 Å². The Morgan fingerprint density at radius 3 is 3.00 bits per heavy atom. The van der Waals surface area contributed by atoms with E-state index in [0.717, 1.165) is 5.69 Å². The van der Waals surface area contributed by atoms with Crippen LogP contribution in [0.25, 0.3) is 5.82 Å². The molecule has 0 aromatic carbocycles. The van der Waals surface area contributed by atoms with Crippen molar-refractivity contribution in [3.63, 3.8) is 0 Å². The molecule has 1 aliphatic rings. The van der Waals surface area contributed by atoms with Crippen LogP contribution in [0.5, 0.6) is 0 Å². The van der Waals surface area contributed by atoms with Crippen LogP contribution in [0.2, 0.25) is 0 Å². The summed E-state index contributed by atoms with van der Waals surface area (Å²) in [6, 6.07) is 2.02. The van der Waals surface area contributed by atoms with E-state index in [1.54, 1.807) is 10.9 Å². The Hall–Kier alpha value is -1.75. The van der Waals surface area contributed by atoms with Crippen LogP contribution in [0, 0.1) is 6.92 Å². The van der Waals surface area contributed by atoms with Gasteiger partial charge in [-0.2, -0.15) is 5.10 Å². The molecule has 1 N–H and O–H groups in total. The van der Waals surface area contributed by atoms with Gasteiger partial charge in [0.15, 0.2) is 5.82 Å². The summed E-state index contributed by atoms with van der Waals surface area (Å²) in [5, 5.41) is 13.8. The van der Waals surface area contributed by atoms with Crippen LogP contribution in [0.4, 0.5) is 0 Å². The molecule has 5 heteroatoms. The average molecular weight is 230 g/mol. The van der Waals surface area contributed by atoms with Crippen LogP contribution in [0.3, 0.4) is 0 Å². The highest BCUT2D eigenvalue weighted by Gasteiger charge is 2.26. The molecule has 88 valence electrons. The summed E-state index contributed by atoms with van der Waals surface area (Å²) in [6.07, 6.45) is 6.00. The van der Waals surface area contributed by atoms with Crippen molar-refractivity contribution < 1.29 is 5.11 Å². The molecule has 0 amide bonds. The van der Waals surface area contributed by atoms with Gasteiger partial charge in [-0.15, -0.1) is 0 Å². The third-order valence-corrected chi connectivity index (χ3v) is 2.95. The molecule has 0 atom stereocenters. The number of hydrogen-bond donors (Lipinski definition) is 1. The predicted octanol–water partition coefficient (Wildman–Crippen LogP) is 1.34. The lowest BCUT2D eigenvalue weighted by atomic mass is 10.3. The monoisotopic (exact) mass is 230 g/mol. The highest BCUT2D eigenvalue weighted by Crippen LogP contribution is 2.39. The fraction of sp³-hybridized carbons (Fsp3) is 0.417. The minimum Gasteiger partial charge on any atom is -0.391 e. The Kier molecular flexibility index (Phi) is 2.40. The third kappa shape index (κ3) is 1.93. The van der Waals surface area contributed by atoms with Gasteiger partial charge < -0.3 is 5.11 Å². The zero-order chi connectivity index (χ0) is 11.8. The summed E-state index contributed by atoms with van der Waals surface area (Å²) in [6.45, 7) is 1.75. The summed E-state index contributed by atoms with van der Waals surface area (Å²) in [7, 11) is 0. The van der Waals surface area contributed by atoms with Crippen molar-refractivity contribution in [2.24, 2.45) is 0 Å². The number of aromatic nitrogens is 4. The molecule has 0 spiro atoms. The molecule has 2 aromatic heterocycles. The molecule has 17 heavy (non-hydrogen) atoms. The van der Waals surface area contributed by atoms with Gasteiger partial charge in [0.05, 0.1) is 12.3 Å². The summed E-state index contributed by atoms with van der Waals surface area (Å²) in [4.78, 5) is 8.41. The smallest absolute Gasteiger partial charge is 0.162 e. The maximum Gasteiger partial charge on any atom is 0.162 e. The lowest BCUT2D eigenvalue weighted by Gasteiger charge is -2.06. The lowest BCUT2D eigenvalue weighted by Crippen LogP contribution is -2.06. The van der Waals surface area contributed by atoms with Crippen molar-refractivity contribution >= 4 is 0 Å². The fourth-order valence-electron chi connectivity index (χ4n) is 1.85. The topological polar surface area (TPSA) is 63.8 Å². The summed E-state index contributed by atoms with van der Waals surface area (Å²) in [5.74, 6) is 1.98. The number of aliphatic hydroxyl groups excluding tert-OH is 1. The summed E-state index contributed by atoms with van der Waals surface area (Å²) in [5.41, 5.74) is 1.81. The molecule has 0 unspecified atom stereocenters. The Morgan fingerprint density at radius 1 is 1.47 bits per heavy atom. The molecular formula is C12H14N4O. The molecule has 1 saturated carbocycles. The number of rotatable bonds is 3. The number of nitrogens with zero attached hydrogens (tertiary/aromatic N) is 4. The molecule has 0 bridgehead atoms. The van der Waals surface area contributed by atoms with Gasteiger partial charge in [0, 0.05) is 23.9 Å². The SMILES string of the molecule is Cc1ncc(CO)c(-n2ccc(C3CC3)n2)n1. The van der Waals surface area contributed by atoms with Crippen LogP contribution >= 0.6 is 0 Å². The van der Waals surface area contributed by atoms with Gasteiger partial charge in [-0.25, -0.2) is 14.6 Å². The first-order valence-electron chi connectivity index (χ1n) is 5.77. The van der Waals surface area contributed by atoms with Crippen LogP contribution in [-0.2, 0) is 6.61 Å². The molecule has 2 heterocycles. The predicted molar refractivity (Wildman–Crippen MR) is 61.8 cm³/mol. The Morgan fingerprint density at radius 2 is 2.29 bits per heavy atom. The molecule has 5 nitrogen and oxygen atoms in total. The van der Waals surface area contributed by atoms with Crippen molar-refractivity contribution in [2.75, 3.05) is 0 Å². The zero-order valence-electron chi connectivity index (χ0n) is 9.67. The normalized spacial score (nSPS) is 15.2.